The molecule has 7 nitrogen and oxygen atoms in total. The minimum atomic E-state index is -0.686. The Kier molecular flexibility index (Phi) is 13.5. The van der Waals surface area contributed by atoms with Crippen LogP contribution < -0.4 is 11.1 Å². The largest absolute Gasteiger partial charge is 0.471 e. The predicted octanol–water partition coefficient (Wildman–Crippen LogP) is 13.1. The molecule has 67 heavy (non-hydrogen) atoms. The maximum atomic E-state index is 11.4. The van der Waals surface area contributed by atoms with Crippen molar-refractivity contribution in [3.05, 3.63) is 83.8 Å². The molecule has 3 aromatic rings. The molecule has 13 atom stereocenters. The van der Waals surface area contributed by atoms with E-state index in [0.717, 1.165) is 80.1 Å². The summed E-state index contributed by atoms with van der Waals surface area (Å²) in [5.41, 5.74) is 12.6. The molecule has 11 rings (SSSR count). The lowest BCUT2D eigenvalue weighted by molar-refractivity contribution is -0.139. The monoisotopic (exact) mass is 948 g/mol. The van der Waals surface area contributed by atoms with E-state index in [9.17, 15) is 10.2 Å². The van der Waals surface area contributed by atoms with Crippen molar-refractivity contribution in [2.24, 2.45) is 57.1 Å². The molecule has 0 bridgehead atoms. The van der Waals surface area contributed by atoms with E-state index in [-0.39, 0.29) is 29.1 Å². The molecule has 13 unspecified atom stereocenters. The second kappa shape index (κ2) is 19.3. The van der Waals surface area contributed by atoms with Crippen LogP contribution in [0.5, 0.6) is 0 Å². The number of nitrogens with one attached hydrogen (secondary N) is 1. The highest BCUT2D eigenvalue weighted by molar-refractivity contribution is 8.76. The van der Waals surface area contributed by atoms with Crippen LogP contribution in [0.15, 0.2) is 76.6 Å². The molecule has 0 radical (unpaired) electrons. The first-order valence-corrected chi connectivity index (χ1v) is 29.6. The number of hydrogen-bond donors (Lipinski definition) is 4. The molecule has 2 aliphatic heterocycles. The lowest BCUT2D eigenvalue weighted by Gasteiger charge is -2.64. The smallest absolute Gasteiger partial charge is 0.188 e. The van der Waals surface area contributed by atoms with Gasteiger partial charge in [-0.2, -0.15) is 0 Å². The van der Waals surface area contributed by atoms with Crippen LogP contribution in [0.3, 0.4) is 0 Å². The summed E-state index contributed by atoms with van der Waals surface area (Å²) in [6, 6.07) is 15.9. The Balaban J connectivity index is 0.815. The van der Waals surface area contributed by atoms with Gasteiger partial charge in [0.2, 0.25) is 0 Å². The fraction of sp³-hybridized carbons (Fsp3) is 0.707. The van der Waals surface area contributed by atoms with E-state index in [1.807, 2.05) is 34.1 Å². The van der Waals surface area contributed by atoms with Gasteiger partial charge in [-0.05, 0) is 187 Å². The van der Waals surface area contributed by atoms with Crippen molar-refractivity contribution in [3.8, 4) is 0 Å². The topological polar surface area (TPSA) is 117 Å². The van der Waals surface area contributed by atoms with Crippen molar-refractivity contribution in [1.82, 2.24) is 5.32 Å². The molecular weight excluding hydrogens is 867 g/mol. The molecule has 5 N–H and O–H groups in total. The first-order chi connectivity index (χ1) is 32.5. The van der Waals surface area contributed by atoms with Gasteiger partial charge in [0, 0.05) is 52.6 Å². The molecule has 2 aromatic carbocycles. The van der Waals surface area contributed by atoms with Crippen LogP contribution in [0.4, 0.5) is 0 Å². The Labute approximate surface area is 409 Å². The zero-order valence-corrected chi connectivity index (χ0v) is 42.2. The second-order valence-corrected chi connectivity index (χ2v) is 26.6. The zero-order valence-electron chi connectivity index (χ0n) is 40.6. The molecule has 0 amide bonds. The van der Waals surface area contributed by atoms with E-state index >= 15 is 0 Å². The minimum absolute atomic E-state index is 0.0202. The molecule has 6 aliphatic carbocycles. The molecule has 9 heteroatoms. The Morgan fingerprint density at radius 3 is 2.60 bits per heavy atom. The second-order valence-electron chi connectivity index (χ2n) is 24.1. The SMILES string of the molecule is C=C1CC2(CCC(CCC3(O)CCCC(O)C3)C2)C2OC2(C)CCC2C1CC2(C1CCCCC1)C1CCC(C2CSSCc3ccccc3CCC(c3cccc4cocc34)CN=C(N)N2)C1. The number of hydrogen-bond acceptors (Lipinski definition) is 9. The summed E-state index contributed by atoms with van der Waals surface area (Å²) in [7, 11) is 4.05. The Bertz CT molecular complexity index is 2260. The van der Waals surface area contributed by atoms with Crippen molar-refractivity contribution in [1.29, 1.82) is 0 Å². The molecule has 8 aliphatic rings. The average molecular weight is 948 g/mol. The number of benzene rings is 2. The van der Waals surface area contributed by atoms with Crippen molar-refractivity contribution in [2.45, 2.75) is 196 Å². The molecule has 6 saturated carbocycles. The third kappa shape index (κ3) is 9.35. The van der Waals surface area contributed by atoms with Gasteiger partial charge in [0.15, 0.2) is 5.96 Å². The number of nitrogens with two attached hydrogens (primary N) is 1. The van der Waals surface area contributed by atoms with Crippen molar-refractivity contribution < 1.29 is 19.4 Å². The summed E-state index contributed by atoms with van der Waals surface area (Å²) >= 11 is 0. The summed E-state index contributed by atoms with van der Waals surface area (Å²) in [4.78, 5) is 5.18. The molecule has 3 heterocycles. The molecule has 1 saturated heterocycles. The lowest BCUT2D eigenvalue weighted by Crippen LogP contribution is -2.57. The quantitative estimate of drug-likeness (QED) is 0.105. The molecule has 7 fully saturated rings. The van der Waals surface area contributed by atoms with Gasteiger partial charge in [-0.3, -0.25) is 4.99 Å². The van der Waals surface area contributed by atoms with E-state index in [1.165, 1.54) is 112 Å². The highest BCUT2D eigenvalue weighted by Crippen LogP contribution is 2.72. The maximum Gasteiger partial charge on any atom is 0.188 e. The van der Waals surface area contributed by atoms with Crippen molar-refractivity contribution >= 4 is 38.3 Å². The average Bonchev–Trinajstić information content (AvgIpc) is 3.76. The summed E-state index contributed by atoms with van der Waals surface area (Å²) in [6.45, 7) is 8.20. The van der Waals surface area contributed by atoms with Gasteiger partial charge < -0.3 is 30.4 Å². The highest BCUT2D eigenvalue weighted by atomic mass is 33.1. The van der Waals surface area contributed by atoms with Crippen molar-refractivity contribution in [3.63, 3.8) is 0 Å². The van der Waals surface area contributed by atoms with E-state index in [4.69, 9.17) is 26.5 Å². The number of aliphatic imine (C=N–C) groups is 1. The summed E-state index contributed by atoms with van der Waals surface area (Å²) in [6.07, 6.45) is 30.4. The van der Waals surface area contributed by atoms with Gasteiger partial charge in [-0.1, -0.05) is 95.5 Å². The molecular formula is C58H81N3O4S2. The van der Waals surface area contributed by atoms with Gasteiger partial charge in [0.05, 0.1) is 35.9 Å². The number of epoxide rings is 1. The Morgan fingerprint density at radius 2 is 1.73 bits per heavy atom. The van der Waals surface area contributed by atoms with Gasteiger partial charge in [-0.25, -0.2) is 0 Å². The first-order valence-electron chi connectivity index (χ1n) is 27.1. The number of rotatable bonds is 7. The van der Waals surface area contributed by atoms with E-state index in [0.29, 0.717) is 54.1 Å². The van der Waals surface area contributed by atoms with Gasteiger partial charge in [-0.15, -0.1) is 0 Å². The van der Waals surface area contributed by atoms with E-state index < -0.39 is 5.60 Å². The number of fused-ring (bicyclic) bond motifs is 5. The zero-order chi connectivity index (χ0) is 45.8. The predicted molar refractivity (Wildman–Crippen MR) is 277 cm³/mol. The van der Waals surface area contributed by atoms with Crippen LogP contribution in [0.2, 0.25) is 0 Å². The van der Waals surface area contributed by atoms with Crippen LogP contribution in [0.1, 0.15) is 171 Å². The third-order valence-electron chi connectivity index (χ3n) is 20.2. The number of aliphatic hydroxyl groups is 2. The van der Waals surface area contributed by atoms with Crippen molar-refractivity contribution in [2.75, 3.05) is 12.3 Å². The summed E-state index contributed by atoms with van der Waals surface area (Å²) < 4.78 is 12.7. The van der Waals surface area contributed by atoms with Gasteiger partial charge in [0.25, 0.3) is 0 Å². The number of aliphatic hydroxyl groups excluding tert-OH is 1. The van der Waals surface area contributed by atoms with Gasteiger partial charge in [0.1, 0.15) is 0 Å². The number of furan rings is 1. The first kappa shape index (κ1) is 46.9. The van der Waals surface area contributed by atoms with E-state index in [1.54, 1.807) is 5.57 Å². The highest BCUT2D eigenvalue weighted by Gasteiger charge is 2.68. The minimum Gasteiger partial charge on any atom is -0.471 e. The van der Waals surface area contributed by atoms with Crippen LogP contribution >= 0.6 is 21.6 Å². The number of allylic oxidation sites excluding steroid dienone is 1. The third-order valence-corrected chi connectivity index (χ3v) is 22.6. The van der Waals surface area contributed by atoms with E-state index in [2.05, 4.69) is 54.7 Å². The van der Waals surface area contributed by atoms with Crippen LogP contribution in [0.25, 0.3) is 10.8 Å². The molecule has 1 aromatic heterocycles. The Hall–Kier alpha value is -2.43. The number of nitrogens with zero attached hydrogens (tertiary/aromatic N) is 1. The van der Waals surface area contributed by atoms with Gasteiger partial charge >= 0.3 is 0 Å². The standard InChI is InChI=1S/C58H81N3O4S2/c1-38-29-56(26-21-39(30-56)22-27-57(63)24-9-15-47(62)31-57)53-55(2,65-53)25-23-51-49(38)32-58(51,45-13-4-3-5-14-45)46-20-19-41(28-46)52-37-67-66-36-44-11-7-6-10-40(44)17-18-42(33-60-54(59)61-52)48-16-8-12-43-34-64-35-50(43)48/h6-8,10-12,16,34-35,39,41-42,45-47,49,51-53,62-63H,1,3-5,9,13-15,17-33,36-37H2,2H3,(H3,59,60,61). The van der Waals surface area contributed by atoms with Crippen LogP contribution in [-0.4, -0.2) is 57.9 Å². The maximum absolute atomic E-state index is 11.4. The number of aryl methyl sites for hydroxylation is 1. The molecule has 1 spiro atoms. The molecule has 364 valence electrons. The fourth-order valence-electron chi connectivity index (χ4n) is 16.8. The summed E-state index contributed by atoms with van der Waals surface area (Å²) in [5, 5.41) is 28.1. The summed E-state index contributed by atoms with van der Waals surface area (Å²) in [5.74, 6) is 6.99. The number of guanidine groups is 1. The fourth-order valence-corrected chi connectivity index (χ4v) is 19.2. The normalized spacial score (nSPS) is 41.1. The Morgan fingerprint density at radius 1 is 0.866 bits per heavy atom. The number of ether oxygens (including phenoxy) is 1. The lowest BCUT2D eigenvalue weighted by atomic mass is 9.40. The van der Waals surface area contributed by atoms with Crippen LogP contribution in [0, 0.1) is 46.3 Å². The van der Waals surface area contributed by atoms with Crippen LogP contribution in [-0.2, 0) is 16.9 Å².